The molecule has 0 unspecified atom stereocenters. The number of rotatable bonds is 5. The van der Waals surface area contributed by atoms with E-state index in [2.05, 4.69) is 13.8 Å². The van der Waals surface area contributed by atoms with E-state index < -0.39 is 0 Å². The largest absolute Gasteiger partial charge is 0.343 e. The maximum atomic E-state index is 11.1. The Labute approximate surface area is 75.9 Å². The second kappa shape index (κ2) is 6.04. The summed E-state index contributed by atoms with van der Waals surface area (Å²) in [5.74, 6) is 0.873. The molecule has 0 aliphatic carbocycles. The van der Waals surface area contributed by atoms with Crippen molar-refractivity contribution in [2.45, 2.75) is 40.5 Å². The third kappa shape index (κ3) is 3.74. The van der Waals surface area contributed by atoms with Crippen molar-refractivity contribution in [3.05, 3.63) is 0 Å². The highest BCUT2D eigenvalue weighted by molar-refractivity contribution is 5.73. The number of hydrogen-bond acceptors (Lipinski definition) is 1. The quantitative estimate of drug-likeness (QED) is 0.621. The molecule has 12 heavy (non-hydrogen) atoms. The molecule has 0 aromatic heterocycles. The summed E-state index contributed by atoms with van der Waals surface area (Å²) in [6, 6.07) is 0. The molecular formula is C10H21NO. The molecule has 0 bridgehead atoms. The molecule has 0 aromatic carbocycles. The smallest absolute Gasteiger partial charge is 0.219 e. The van der Waals surface area contributed by atoms with Crippen LogP contribution < -0.4 is 0 Å². The molecule has 0 N–H and O–H groups in total. The molecule has 0 saturated carbocycles. The Bertz CT molecular complexity index is 130. The van der Waals surface area contributed by atoms with Crippen LogP contribution in [0.3, 0.4) is 0 Å². The predicted octanol–water partition coefficient (Wildman–Crippen LogP) is 2.29. The van der Waals surface area contributed by atoms with E-state index in [0.717, 1.165) is 13.1 Å². The standard InChI is InChI=1S/C10H21NO/c1-5-10(6-2)8-11(7-3)9(4)12/h10H,5-8H2,1-4H3. The van der Waals surface area contributed by atoms with Crippen molar-refractivity contribution in [2.24, 2.45) is 5.92 Å². The van der Waals surface area contributed by atoms with Crippen LogP contribution in [0.2, 0.25) is 0 Å². The summed E-state index contributed by atoms with van der Waals surface area (Å²) >= 11 is 0. The molecule has 0 radical (unpaired) electrons. The molecule has 0 rings (SSSR count). The van der Waals surface area contributed by atoms with Crippen LogP contribution in [-0.2, 0) is 4.79 Å². The highest BCUT2D eigenvalue weighted by Crippen LogP contribution is 2.09. The highest BCUT2D eigenvalue weighted by Gasteiger charge is 2.11. The fourth-order valence-corrected chi connectivity index (χ4v) is 1.34. The van der Waals surface area contributed by atoms with E-state index in [-0.39, 0.29) is 5.91 Å². The lowest BCUT2D eigenvalue weighted by atomic mass is 10.0. The van der Waals surface area contributed by atoms with Crippen LogP contribution in [0.4, 0.5) is 0 Å². The van der Waals surface area contributed by atoms with Crippen LogP contribution in [0.5, 0.6) is 0 Å². The predicted molar refractivity (Wildman–Crippen MR) is 52.0 cm³/mol. The third-order valence-electron chi connectivity index (χ3n) is 2.46. The monoisotopic (exact) mass is 171 g/mol. The first-order valence-electron chi connectivity index (χ1n) is 4.91. The van der Waals surface area contributed by atoms with Crippen LogP contribution >= 0.6 is 0 Å². The maximum absolute atomic E-state index is 11.1. The molecule has 72 valence electrons. The van der Waals surface area contributed by atoms with E-state index >= 15 is 0 Å². The summed E-state index contributed by atoms with van der Waals surface area (Å²) in [5, 5.41) is 0. The van der Waals surface area contributed by atoms with Gasteiger partial charge in [0, 0.05) is 20.0 Å². The van der Waals surface area contributed by atoms with Crippen molar-refractivity contribution in [1.82, 2.24) is 4.90 Å². The summed E-state index contributed by atoms with van der Waals surface area (Å²) in [6.07, 6.45) is 2.33. The molecule has 1 amide bonds. The van der Waals surface area contributed by atoms with Gasteiger partial charge in [0.15, 0.2) is 0 Å². The first-order chi connectivity index (χ1) is 5.65. The number of carbonyl (C=O) groups is 1. The van der Waals surface area contributed by atoms with Crippen molar-refractivity contribution in [3.8, 4) is 0 Å². The molecule has 0 fully saturated rings. The van der Waals surface area contributed by atoms with Crippen molar-refractivity contribution in [1.29, 1.82) is 0 Å². The van der Waals surface area contributed by atoms with Crippen molar-refractivity contribution in [3.63, 3.8) is 0 Å². The Balaban J connectivity index is 3.91. The number of nitrogens with zero attached hydrogens (tertiary/aromatic N) is 1. The van der Waals surface area contributed by atoms with E-state index in [4.69, 9.17) is 0 Å². The third-order valence-corrected chi connectivity index (χ3v) is 2.46. The SMILES string of the molecule is CCC(CC)CN(CC)C(C)=O. The summed E-state index contributed by atoms with van der Waals surface area (Å²) < 4.78 is 0. The van der Waals surface area contributed by atoms with Gasteiger partial charge in [0.1, 0.15) is 0 Å². The molecule has 0 spiro atoms. The molecule has 0 saturated heterocycles. The lowest BCUT2D eigenvalue weighted by Gasteiger charge is -2.23. The van der Waals surface area contributed by atoms with Gasteiger partial charge in [-0.2, -0.15) is 0 Å². The maximum Gasteiger partial charge on any atom is 0.219 e. The Hall–Kier alpha value is -0.530. The number of hydrogen-bond donors (Lipinski definition) is 0. The zero-order chi connectivity index (χ0) is 9.56. The molecule has 2 nitrogen and oxygen atoms in total. The van der Waals surface area contributed by atoms with Gasteiger partial charge in [-0.1, -0.05) is 26.7 Å². The van der Waals surface area contributed by atoms with E-state index in [0.29, 0.717) is 5.92 Å². The van der Waals surface area contributed by atoms with Crippen LogP contribution in [0.15, 0.2) is 0 Å². The molecule has 0 aliphatic rings. The molecule has 0 aromatic rings. The van der Waals surface area contributed by atoms with Crippen molar-refractivity contribution >= 4 is 5.91 Å². The number of carbonyl (C=O) groups excluding carboxylic acids is 1. The van der Waals surface area contributed by atoms with Crippen LogP contribution in [0, 0.1) is 5.92 Å². The van der Waals surface area contributed by atoms with Crippen LogP contribution in [-0.4, -0.2) is 23.9 Å². The van der Waals surface area contributed by atoms with Crippen LogP contribution in [0.25, 0.3) is 0 Å². The van der Waals surface area contributed by atoms with Gasteiger partial charge in [-0.3, -0.25) is 4.79 Å². The Kier molecular flexibility index (Phi) is 5.77. The second-order valence-corrected chi connectivity index (χ2v) is 3.24. The van der Waals surface area contributed by atoms with Gasteiger partial charge in [-0.25, -0.2) is 0 Å². The molecule has 0 atom stereocenters. The van der Waals surface area contributed by atoms with Gasteiger partial charge in [-0.15, -0.1) is 0 Å². The minimum atomic E-state index is 0.199. The average molecular weight is 171 g/mol. The summed E-state index contributed by atoms with van der Waals surface area (Å²) in [6.45, 7) is 9.81. The Morgan fingerprint density at radius 3 is 2.00 bits per heavy atom. The minimum Gasteiger partial charge on any atom is -0.343 e. The van der Waals surface area contributed by atoms with Crippen LogP contribution in [0.1, 0.15) is 40.5 Å². The lowest BCUT2D eigenvalue weighted by molar-refractivity contribution is -0.129. The minimum absolute atomic E-state index is 0.199. The fourth-order valence-electron chi connectivity index (χ4n) is 1.34. The van der Waals surface area contributed by atoms with Crippen molar-refractivity contribution in [2.75, 3.05) is 13.1 Å². The lowest BCUT2D eigenvalue weighted by Crippen LogP contribution is -2.33. The van der Waals surface area contributed by atoms with Gasteiger partial charge in [0.25, 0.3) is 0 Å². The first kappa shape index (κ1) is 11.5. The molecule has 0 heterocycles. The van der Waals surface area contributed by atoms with E-state index in [1.54, 1.807) is 6.92 Å². The van der Waals surface area contributed by atoms with Gasteiger partial charge >= 0.3 is 0 Å². The first-order valence-corrected chi connectivity index (χ1v) is 4.91. The van der Waals surface area contributed by atoms with Gasteiger partial charge < -0.3 is 4.90 Å². The Morgan fingerprint density at radius 1 is 1.25 bits per heavy atom. The van der Waals surface area contributed by atoms with E-state index in [1.165, 1.54) is 12.8 Å². The van der Waals surface area contributed by atoms with Crippen molar-refractivity contribution < 1.29 is 4.79 Å². The molecular weight excluding hydrogens is 150 g/mol. The zero-order valence-corrected chi connectivity index (χ0v) is 8.76. The Morgan fingerprint density at radius 2 is 1.75 bits per heavy atom. The summed E-state index contributed by atoms with van der Waals surface area (Å²) in [4.78, 5) is 13.0. The highest BCUT2D eigenvalue weighted by atomic mass is 16.2. The van der Waals surface area contributed by atoms with E-state index in [9.17, 15) is 4.79 Å². The summed E-state index contributed by atoms with van der Waals surface area (Å²) in [5.41, 5.74) is 0. The zero-order valence-electron chi connectivity index (χ0n) is 8.76. The summed E-state index contributed by atoms with van der Waals surface area (Å²) in [7, 11) is 0. The normalized spacial score (nSPS) is 10.4. The second-order valence-electron chi connectivity index (χ2n) is 3.24. The average Bonchev–Trinajstić information content (AvgIpc) is 2.06. The topological polar surface area (TPSA) is 20.3 Å². The van der Waals surface area contributed by atoms with Gasteiger partial charge in [0.05, 0.1) is 0 Å². The molecule has 2 heteroatoms. The fraction of sp³-hybridized carbons (Fsp3) is 0.900. The number of amides is 1. The van der Waals surface area contributed by atoms with Gasteiger partial charge in [0.2, 0.25) is 5.91 Å². The molecule has 0 aliphatic heterocycles. The van der Waals surface area contributed by atoms with E-state index in [1.807, 2.05) is 11.8 Å². The van der Waals surface area contributed by atoms with Gasteiger partial charge in [-0.05, 0) is 12.8 Å².